The molecular weight excluding hydrogens is 416 g/mol. The van der Waals surface area contributed by atoms with E-state index in [9.17, 15) is 10.1 Å². The number of aromatic nitrogens is 1. The first kappa shape index (κ1) is 21.5. The van der Waals surface area contributed by atoms with E-state index < -0.39 is 5.41 Å². The molecule has 2 fully saturated rings. The van der Waals surface area contributed by atoms with E-state index in [-0.39, 0.29) is 12.1 Å². The molecule has 0 radical (unpaired) electrons. The number of hydrogen-bond donors (Lipinski definition) is 0. The van der Waals surface area contributed by atoms with Crippen LogP contribution in [0.5, 0.6) is 0 Å². The molecule has 2 heterocycles. The van der Waals surface area contributed by atoms with Gasteiger partial charge in [-0.05, 0) is 57.8 Å². The van der Waals surface area contributed by atoms with E-state index >= 15 is 0 Å². The van der Waals surface area contributed by atoms with Crippen molar-refractivity contribution < 1.29 is 13.9 Å². The summed E-state index contributed by atoms with van der Waals surface area (Å²) in [7, 11) is 5.56. The minimum Gasteiger partial charge on any atom is -0.468 e. The van der Waals surface area contributed by atoms with Crippen LogP contribution < -0.4 is 4.90 Å². The number of nitriles is 1. The average molecular weight is 445 g/mol. The van der Waals surface area contributed by atoms with Crippen LogP contribution in [0.25, 0.3) is 22.2 Å². The Balaban J connectivity index is 1.85. The first-order chi connectivity index (χ1) is 15.9. The standard InChI is InChI=1S/C26H28N4O3/c1-16-18(15-27)21-23(33-24(28-21)26(12-13-26)25(31)32-4)22(20(16)17-9-6-5-7-10-17)30-14-8-11-19(30)29(2)3/h5-7,9-10,19H,8,11-14H2,1-4H3. The van der Waals surface area contributed by atoms with E-state index in [4.69, 9.17) is 14.1 Å². The van der Waals surface area contributed by atoms with Crippen molar-refractivity contribution in [2.75, 3.05) is 32.6 Å². The molecule has 5 rings (SSSR count). The SMILES string of the molecule is COC(=O)C1(c2nc3c(C#N)c(C)c(-c4ccccc4)c(N4CCCC4N(C)C)c3o2)CC1. The van der Waals surface area contributed by atoms with Crippen molar-refractivity contribution in [3.63, 3.8) is 0 Å². The molecule has 2 aliphatic rings. The van der Waals surface area contributed by atoms with Crippen molar-refractivity contribution >= 4 is 22.8 Å². The number of ether oxygens (including phenoxy) is 1. The van der Waals surface area contributed by atoms with Crippen LogP contribution >= 0.6 is 0 Å². The van der Waals surface area contributed by atoms with Crippen LogP contribution in [0.1, 0.15) is 42.7 Å². The van der Waals surface area contributed by atoms with Gasteiger partial charge in [-0.25, -0.2) is 4.98 Å². The summed E-state index contributed by atoms with van der Waals surface area (Å²) in [6.07, 6.45) is 3.57. The lowest BCUT2D eigenvalue weighted by Crippen LogP contribution is -2.40. The van der Waals surface area contributed by atoms with Crippen molar-refractivity contribution in [1.29, 1.82) is 5.26 Å². The molecule has 1 unspecified atom stereocenters. The van der Waals surface area contributed by atoms with Crippen molar-refractivity contribution in [3.05, 3.63) is 47.3 Å². The van der Waals surface area contributed by atoms with Crippen LogP contribution in [-0.2, 0) is 14.9 Å². The number of anilines is 1. The number of carbonyl (C=O) groups excluding carboxylic acids is 1. The van der Waals surface area contributed by atoms with E-state index in [1.807, 2.05) is 25.1 Å². The number of carbonyl (C=O) groups is 1. The van der Waals surface area contributed by atoms with Gasteiger partial charge in [0.2, 0.25) is 5.89 Å². The first-order valence-electron chi connectivity index (χ1n) is 11.4. The third-order valence-electron chi connectivity index (χ3n) is 7.08. The normalized spacial score (nSPS) is 19.2. The number of oxazole rings is 1. The third kappa shape index (κ3) is 3.20. The van der Waals surface area contributed by atoms with Gasteiger partial charge in [-0.3, -0.25) is 9.69 Å². The van der Waals surface area contributed by atoms with Gasteiger partial charge in [-0.2, -0.15) is 5.26 Å². The largest absolute Gasteiger partial charge is 0.468 e. The molecule has 7 nitrogen and oxygen atoms in total. The van der Waals surface area contributed by atoms with Gasteiger partial charge in [0, 0.05) is 12.1 Å². The zero-order valence-corrected chi connectivity index (χ0v) is 19.5. The Morgan fingerprint density at radius 1 is 1.30 bits per heavy atom. The summed E-state index contributed by atoms with van der Waals surface area (Å²) >= 11 is 0. The average Bonchev–Trinajstić information content (AvgIpc) is 3.27. The molecule has 33 heavy (non-hydrogen) atoms. The zero-order chi connectivity index (χ0) is 23.3. The molecule has 0 spiro atoms. The molecule has 170 valence electrons. The van der Waals surface area contributed by atoms with Crippen LogP contribution in [-0.4, -0.2) is 49.8 Å². The maximum absolute atomic E-state index is 12.6. The monoisotopic (exact) mass is 444 g/mol. The third-order valence-corrected chi connectivity index (χ3v) is 7.08. The van der Waals surface area contributed by atoms with Gasteiger partial charge in [-0.15, -0.1) is 0 Å². The fourth-order valence-electron chi connectivity index (χ4n) is 5.19. The fourth-order valence-corrected chi connectivity index (χ4v) is 5.19. The highest BCUT2D eigenvalue weighted by Crippen LogP contribution is 2.52. The number of methoxy groups -OCH3 is 1. The summed E-state index contributed by atoms with van der Waals surface area (Å²) in [5.41, 5.74) is 4.59. The minimum atomic E-state index is -0.843. The molecule has 7 heteroatoms. The molecule has 3 aromatic rings. The molecule has 0 bridgehead atoms. The van der Waals surface area contributed by atoms with E-state index in [2.05, 4.69) is 42.1 Å². The van der Waals surface area contributed by atoms with Gasteiger partial charge in [0.15, 0.2) is 5.58 Å². The van der Waals surface area contributed by atoms with E-state index in [0.29, 0.717) is 35.4 Å². The summed E-state index contributed by atoms with van der Waals surface area (Å²) in [6, 6.07) is 12.5. The summed E-state index contributed by atoms with van der Waals surface area (Å²) < 4.78 is 11.5. The van der Waals surface area contributed by atoms with Gasteiger partial charge < -0.3 is 14.1 Å². The second-order valence-corrected chi connectivity index (χ2v) is 9.25. The van der Waals surface area contributed by atoms with Crippen LogP contribution in [0.3, 0.4) is 0 Å². The minimum absolute atomic E-state index is 0.201. The molecule has 1 aliphatic carbocycles. The number of nitrogens with zero attached hydrogens (tertiary/aromatic N) is 4. The van der Waals surface area contributed by atoms with E-state index in [1.54, 1.807) is 0 Å². The highest BCUT2D eigenvalue weighted by Gasteiger charge is 2.57. The molecule has 1 atom stereocenters. The topological polar surface area (TPSA) is 82.6 Å². The highest BCUT2D eigenvalue weighted by atomic mass is 16.5. The number of rotatable bonds is 5. The Hall–Kier alpha value is -3.37. The van der Waals surface area contributed by atoms with Crippen molar-refractivity contribution in [2.24, 2.45) is 0 Å². The Bertz CT molecular complexity index is 1270. The molecular formula is C26H28N4O3. The number of benzene rings is 2. The van der Waals surface area contributed by atoms with Crippen molar-refractivity contribution in [2.45, 2.75) is 44.2 Å². The second kappa shape index (κ2) is 7.89. The lowest BCUT2D eigenvalue weighted by Gasteiger charge is -2.33. The quantitative estimate of drug-likeness (QED) is 0.541. The molecule has 1 saturated heterocycles. The van der Waals surface area contributed by atoms with Crippen LogP contribution in [0.15, 0.2) is 34.7 Å². The van der Waals surface area contributed by atoms with Crippen LogP contribution in [0, 0.1) is 18.3 Å². The molecule has 2 aromatic carbocycles. The first-order valence-corrected chi connectivity index (χ1v) is 11.4. The predicted molar refractivity (Wildman–Crippen MR) is 126 cm³/mol. The summed E-state index contributed by atoms with van der Waals surface area (Å²) in [5, 5.41) is 10.1. The molecule has 1 saturated carbocycles. The Labute approximate surface area is 193 Å². The van der Waals surface area contributed by atoms with Gasteiger partial charge in [0.25, 0.3) is 0 Å². The smallest absolute Gasteiger partial charge is 0.321 e. The second-order valence-electron chi connectivity index (χ2n) is 9.25. The zero-order valence-electron chi connectivity index (χ0n) is 19.5. The van der Waals surface area contributed by atoms with Crippen molar-refractivity contribution in [1.82, 2.24) is 9.88 Å². The van der Waals surface area contributed by atoms with E-state index in [0.717, 1.165) is 41.8 Å². The molecule has 0 N–H and O–H groups in total. The maximum Gasteiger partial charge on any atom is 0.321 e. The Morgan fingerprint density at radius 3 is 2.64 bits per heavy atom. The highest BCUT2D eigenvalue weighted by molar-refractivity contribution is 6.03. The fraction of sp³-hybridized carbons (Fsp3) is 0.423. The Kier molecular flexibility index (Phi) is 5.13. The van der Waals surface area contributed by atoms with Crippen LogP contribution in [0.4, 0.5) is 5.69 Å². The molecule has 0 amide bonds. The summed E-state index contributed by atoms with van der Waals surface area (Å²) in [5.74, 6) is 0.0220. The summed E-state index contributed by atoms with van der Waals surface area (Å²) in [6.45, 7) is 2.85. The summed E-state index contributed by atoms with van der Waals surface area (Å²) in [4.78, 5) is 21.9. The predicted octanol–water partition coefficient (Wildman–Crippen LogP) is 4.37. The molecule has 1 aliphatic heterocycles. The van der Waals surface area contributed by atoms with E-state index in [1.165, 1.54) is 7.11 Å². The van der Waals surface area contributed by atoms with Gasteiger partial charge in [0.05, 0.1) is 24.5 Å². The van der Waals surface area contributed by atoms with Gasteiger partial charge >= 0.3 is 5.97 Å². The number of fused-ring (bicyclic) bond motifs is 1. The number of esters is 1. The molecule has 1 aromatic heterocycles. The lowest BCUT2D eigenvalue weighted by molar-refractivity contribution is -0.144. The Morgan fingerprint density at radius 2 is 2.03 bits per heavy atom. The maximum atomic E-state index is 12.6. The van der Waals surface area contributed by atoms with Crippen molar-refractivity contribution in [3.8, 4) is 17.2 Å². The van der Waals surface area contributed by atoms with Gasteiger partial charge in [0.1, 0.15) is 17.0 Å². The number of hydrogen-bond acceptors (Lipinski definition) is 7. The van der Waals surface area contributed by atoms with Crippen LogP contribution in [0.2, 0.25) is 0 Å². The van der Waals surface area contributed by atoms with Gasteiger partial charge in [-0.1, -0.05) is 30.3 Å². The lowest BCUT2D eigenvalue weighted by atomic mass is 9.93.